The maximum absolute atomic E-state index is 12.9. The first-order chi connectivity index (χ1) is 15.2. The number of hydrogen-bond acceptors (Lipinski definition) is 7. The Kier molecular flexibility index (Phi) is 7.04. The highest BCUT2D eigenvalue weighted by atomic mass is 32.1. The Hall–Kier alpha value is -3.53. The van der Waals surface area contributed by atoms with Crippen LogP contribution in [0.2, 0.25) is 0 Å². The van der Waals surface area contributed by atoms with Crippen LogP contribution in [0.4, 0.5) is 5.69 Å². The van der Waals surface area contributed by atoms with Crippen LogP contribution in [0.25, 0.3) is 10.2 Å². The quantitative estimate of drug-likeness (QED) is 0.527. The van der Waals surface area contributed by atoms with E-state index in [1.165, 1.54) is 6.33 Å². The van der Waals surface area contributed by atoms with E-state index in [2.05, 4.69) is 15.6 Å². The van der Waals surface area contributed by atoms with Gasteiger partial charge in [0.25, 0.3) is 5.56 Å². The minimum absolute atomic E-state index is 0.224. The van der Waals surface area contributed by atoms with E-state index in [-0.39, 0.29) is 31.0 Å². The van der Waals surface area contributed by atoms with Gasteiger partial charge in [0.05, 0.1) is 24.9 Å². The Morgan fingerprint density at radius 3 is 2.47 bits per heavy atom. The fourth-order valence-corrected chi connectivity index (χ4v) is 4.28. The van der Waals surface area contributed by atoms with Crippen LogP contribution in [0.5, 0.6) is 0 Å². The van der Waals surface area contributed by atoms with Crippen molar-refractivity contribution in [2.24, 2.45) is 0 Å². The SMILES string of the molecule is CCOC(=O)c1sc2ncn(CC(=O)NCC(=O)Nc3c(C)cccc3C)c(=O)c2c1C. The molecule has 0 fully saturated rings. The number of ether oxygens (including phenoxy) is 1. The fraction of sp³-hybridized carbons (Fsp3) is 0.318. The number of rotatable bonds is 7. The summed E-state index contributed by atoms with van der Waals surface area (Å²) in [5, 5.41) is 5.58. The van der Waals surface area contributed by atoms with E-state index in [4.69, 9.17) is 4.74 Å². The van der Waals surface area contributed by atoms with Gasteiger partial charge in [-0.2, -0.15) is 0 Å². The van der Waals surface area contributed by atoms with Gasteiger partial charge >= 0.3 is 5.97 Å². The van der Waals surface area contributed by atoms with E-state index in [0.29, 0.717) is 21.0 Å². The number of aromatic nitrogens is 2. The summed E-state index contributed by atoms with van der Waals surface area (Å²) < 4.78 is 6.17. The summed E-state index contributed by atoms with van der Waals surface area (Å²) in [6, 6.07) is 5.67. The van der Waals surface area contributed by atoms with E-state index in [9.17, 15) is 19.2 Å². The number of esters is 1. The molecule has 3 rings (SSSR count). The van der Waals surface area contributed by atoms with Crippen LogP contribution in [0.3, 0.4) is 0 Å². The average Bonchev–Trinajstić information content (AvgIpc) is 3.09. The lowest BCUT2D eigenvalue weighted by Gasteiger charge is -2.12. The molecule has 0 saturated heterocycles. The highest BCUT2D eigenvalue weighted by Crippen LogP contribution is 2.27. The largest absolute Gasteiger partial charge is 0.462 e. The van der Waals surface area contributed by atoms with E-state index >= 15 is 0 Å². The molecule has 3 aromatic rings. The molecule has 0 aliphatic carbocycles. The zero-order valence-corrected chi connectivity index (χ0v) is 19.1. The van der Waals surface area contributed by atoms with Gasteiger partial charge in [0.1, 0.15) is 16.3 Å². The molecule has 2 N–H and O–H groups in total. The molecule has 10 heteroatoms. The lowest BCUT2D eigenvalue weighted by Crippen LogP contribution is -2.37. The molecule has 0 atom stereocenters. The molecule has 0 saturated carbocycles. The molecule has 2 heterocycles. The van der Waals surface area contributed by atoms with Crippen molar-refractivity contribution in [3.63, 3.8) is 0 Å². The molecule has 0 aliphatic rings. The van der Waals surface area contributed by atoms with Crippen molar-refractivity contribution in [3.05, 3.63) is 56.4 Å². The van der Waals surface area contributed by atoms with Crippen LogP contribution in [-0.4, -0.2) is 40.5 Å². The van der Waals surface area contributed by atoms with Crippen molar-refractivity contribution in [3.8, 4) is 0 Å². The molecule has 2 aromatic heterocycles. The number of fused-ring (bicyclic) bond motifs is 1. The number of nitrogens with zero attached hydrogens (tertiary/aromatic N) is 2. The van der Waals surface area contributed by atoms with Crippen molar-refractivity contribution < 1.29 is 19.1 Å². The number of carbonyl (C=O) groups excluding carboxylic acids is 3. The lowest BCUT2D eigenvalue weighted by molar-refractivity contribution is -0.124. The van der Waals surface area contributed by atoms with Crippen LogP contribution >= 0.6 is 11.3 Å². The van der Waals surface area contributed by atoms with Crippen LogP contribution in [-0.2, 0) is 20.9 Å². The van der Waals surface area contributed by atoms with Gasteiger partial charge < -0.3 is 15.4 Å². The lowest BCUT2D eigenvalue weighted by atomic mass is 10.1. The van der Waals surface area contributed by atoms with Gasteiger partial charge in [0.15, 0.2) is 0 Å². The summed E-state index contributed by atoms with van der Waals surface area (Å²) in [5.41, 5.74) is 2.59. The Morgan fingerprint density at radius 2 is 1.81 bits per heavy atom. The maximum atomic E-state index is 12.9. The summed E-state index contributed by atoms with van der Waals surface area (Å²) in [4.78, 5) is 54.4. The number of para-hydroxylation sites is 1. The molecular formula is C22H24N4O5S. The predicted molar refractivity (Wildman–Crippen MR) is 122 cm³/mol. The molecule has 0 bridgehead atoms. The summed E-state index contributed by atoms with van der Waals surface area (Å²) in [6.45, 7) is 6.81. The van der Waals surface area contributed by atoms with Gasteiger partial charge in [-0.25, -0.2) is 9.78 Å². The minimum Gasteiger partial charge on any atom is -0.462 e. The van der Waals surface area contributed by atoms with Crippen LogP contribution < -0.4 is 16.2 Å². The highest BCUT2D eigenvalue weighted by molar-refractivity contribution is 7.20. The number of hydrogen-bond donors (Lipinski definition) is 2. The van der Waals surface area contributed by atoms with E-state index in [1.54, 1.807) is 13.8 Å². The van der Waals surface area contributed by atoms with Gasteiger partial charge in [-0.1, -0.05) is 18.2 Å². The highest BCUT2D eigenvalue weighted by Gasteiger charge is 2.21. The van der Waals surface area contributed by atoms with E-state index in [1.807, 2.05) is 32.0 Å². The van der Waals surface area contributed by atoms with Gasteiger partial charge in [0, 0.05) is 5.69 Å². The van der Waals surface area contributed by atoms with Crippen LogP contribution in [0.1, 0.15) is 33.3 Å². The van der Waals surface area contributed by atoms with Crippen molar-refractivity contribution in [2.75, 3.05) is 18.5 Å². The third-order valence-electron chi connectivity index (χ3n) is 4.88. The first-order valence-corrected chi connectivity index (χ1v) is 10.8. The number of nitrogens with one attached hydrogen (secondary N) is 2. The second-order valence-corrected chi connectivity index (χ2v) is 8.23. The van der Waals surface area contributed by atoms with Gasteiger partial charge in [-0.05, 0) is 44.4 Å². The Balaban J connectivity index is 1.68. The molecule has 0 aliphatic heterocycles. The zero-order chi connectivity index (χ0) is 23.4. The number of benzene rings is 1. The van der Waals surface area contributed by atoms with Gasteiger partial charge in [-0.3, -0.25) is 19.0 Å². The van der Waals surface area contributed by atoms with Crippen molar-refractivity contribution in [1.82, 2.24) is 14.9 Å². The number of anilines is 1. The second-order valence-electron chi connectivity index (χ2n) is 7.23. The molecule has 9 nitrogen and oxygen atoms in total. The summed E-state index contributed by atoms with van der Waals surface area (Å²) >= 11 is 1.08. The van der Waals surface area contributed by atoms with Crippen LogP contribution in [0.15, 0.2) is 29.3 Å². The van der Waals surface area contributed by atoms with E-state index < -0.39 is 17.4 Å². The summed E-state index contributed by atoms with van der Waals surface area (Å²) in [7, 11) is 0. The molecular weight excluding hydrogens is 432 g/mol. The first-order valence-electron chi connectivity index (χ1n) is 10.0. The maximum Gasteiger partial charge on any atom is 0.348 e. The number of aryl methyl sites for hydroxylation is 3. The fourth-order valence-electron chi connectivity index (χ4n) is 3.25. The third kappa shape index (κ3) is 4.86. The minimum atomic E-state index is -0.511. The average molecular weight is 457 g/mol. The molecule has 32 heavy (non-hydrogen) atoms. The molecule has 1 aromatic carbocycles. The van der Waals surface area contributed by atoms with Gasteiger partial charge in [0.2, 0.25) is 11.8 Å². The standard InChI is InChI=1S/C22H24N4O5S/c1-5-31-22(30)19-14(4)17-20(32-19)24-11-26(21(17)29)10-16(28)23-9-15(27)25-18-12(2)7-6-8-13(18)3/h6-8,11H,5,9-10H2,1-4H3,(H,23,28)(H,25,27). The smallest absolute Gasteiger partial charge is 0.348 e. The number of carbonyl (C=O) groups is 3. The Bertz CT molecular complexity index is 1240. The zero-order valence-electron chi connectivity index (χ0n) is 18.3. The molecule has 0 spiro atoms. The first kappa shape index (κ1) is 23.1. The summed E-state index contributed by atoms with van der Waals surface area (Å²) in [5.74, 6) is -1.39. The number of thiophene rings is 1. The van der Waals surface area contributed by atoms with Gasteiger partial charge in [-0.15, -0.1) is 11.3 Å². The second kappa shape index (κ2) is 9.73. The number of amides is 2. The predicted octanol–water partition coefficient (Wildman–Crippen LogP) is 2.31. The van der Waals surface area contributed by atoms with Crippen molar-refractivity contribution >= 4 is 45.0 Å². The van der Waals surface area contributed by atoms with Crippen molar-refractivity contribution in [2.45, 2.75) is 34.2 Å². The Morgan fingerprint density at radius 1 is 1.12 bits per heavy atom. The van der Waals surface area contributed by atoms with Crippen LogP contribution in [0, 0.1) is 20.8 Å². The summed E-state index contributed by atoms with van der Waals surface area (Å²) in [6.07, 6.45) is 1.26. The normalized spacial score (nSPS) is 10.8. The third-order valence-corrected chi connectivity index (χ3v) is 6.06. The molecule has 0 unspecified atom stereocenters. The molecule has 168 valence electrons. The van der Waals surface area contributed by atoms with E-state index in [0.717, 1.165) is 27.0 Å². The van der Waals surface area contributed by atoms with Crippen molar-refractivity contribution in [1.29, 1.82) is 0 Å². The monoisotopic (exact) mass is 456 g/mol. The topological polar surface area (TPSA) is 119 Å². The Labute approximate surface area is 188 Å². The molecule has 2 amide bonds. The molecule has 0 radical (unpaired) electrons.